The Morgan fingerprint density at radius 3 is 2.50 bits per heavy atom. The van der Waals surface area contributed by atoms with Crippen LogP contribution in [-0.4, -0.2) is 15.2 Å². The van der Waals surface area contributed by atoms with E-state index in [2.05, 4.69) is 38.7 Å². The minimum atomic E-state index is 0.206. The molecular weight excluding hydrogens is 376 g/mol. The van der Waals surface area contributed by atoms with Gasteiger partial charge in [-0.3, -0.25) is 0 Å². The van der Waals surface area contributed by atoms with Gasteiger partial charge in [0.2, 0.25) is 0 Å². The van der Waals surface area contributed by atoms with Crippen LogP contribution in [0.4, 0.5) is 11.7 Å². The monoisotopic (exact) mass is 396 g/mol. The highest BCUT2D eigenvalue weighted by atomic mass is 16.5. The summed E-state index contributed by atoms with van der Waals surface area (Å²) in [6.07, 6.45) is 0. The van der Waals surface area contributed by atoms with Gasteiger partial charge >= 0.3 is 6.01 Å². The van der Waals surface area contributed by atoms with Crippen LogP contribution >= 0.6 is 0 Å². The third-order valence-electron chi connectivity index (χ3n) is 4.85. The van der Waals surface area contributed by atoms with Gasteiger partial charge in [0.1, 0.15) is 5.75 Å². The number of fused-ring (bicyclic) bond motifs is 1. The zero-order valence-corrected chi connectivity index (χ0v) is 16.4. The molecule has 0 amide bonds. The number of nitrogens with one attached hydrogen (secondary N) is 2. The fraction of sp³-hybridized carbons (Fsp3) is 0.0833. The summed E-state index contributed by atoms with van der Waals surface area (Å²) >= 11 is 0. The van der Waals surface area contributed by atoms with Crippen molar-refractivity contribution in [1.82, 2.24) is 15.2 Å². The lowest BCUT2D eigenvalue weighted by Crippen LogP contribution is -1.95. The van der Waals surface area contributed by atoms with Gasteiger partial charge in [0.15, 0.2) is 6.61 Å². The molecule has 30 heavy (non-hydrogen) atoms. The van der Waals surface area contributed by atoms with Gasteiger partial charge in [-0.1, -0.05) is 71.3 Å². The number of para-hydroxylation sites is 1. The first kappa shape index (κ1) is 18.0. The summed E-state index contributed by atoms with van der Waals surface area (Å²) < 4.78 is 11.5. The molecule has 0 aliphatic heterocycles. The van der Waals surface area contributed by atoms with E-state index < -0.39 is 0 Å². The summed E-state index contributed by atoms with van der Waals surface area (Å²) in [6, 6.07) is 26.4. The topological polar surface area (TPSA) is 76.0 Å². The molecule has 6 nitrogen and oxygen atoms in total. The minimum absolute atomic E-state index is 0.206. The van der Waals surface area contributed by atoms with Gasteiger partial charge in [0, 0.05) is 16.5 Å². The number of aryl methyl sites for hydroxylation is 1. The summed E-state index contributed by atoms with van der Waals surface area (Å²) in [5.41, 5.74) is 5.14. The second kappa shape index (κ2) is 7.75. The lowest BCUT2D eigenvalue weighted by atomic mass is 10.1. The van der Waals surface area contributed by atoms with Crippen molar-refractivity contribution in [2.24, 2.45) is 0 Å². The molecule has 2 heterocycles. The molecule has 0 aliphatic carbocycles. The van der Waals surface area contributed by atoms with Crippen molar-refractivity contribution in [2.45, 2.75) is 13.5 Å². The fourth-order valence-corrected chi connectivity index (χ4v) is 3.34. The first-order valence-electron chi connectivity index (χ1n) is 9.71. The summed E-state index contributed by atoms with van der Waals surface area (Å²) in [5, 5.41) is 12.6. The second-order valence-corrected chi connectivity index (χ2v) is 7.01. The smallest absolute Gasteiger partial charge is 0.320 e. The number of aromatic amines is 1. The molecule has 0 spiro atoms. The van der Waals surface area contributed by atoms with Gasteiger partial charge < -0.3 is 19.5 Å². The van der Waals surface area contributed by atoms with Gasteiger partial charge in [0.25, 0.3) is 5.89 Å². The summed E-state index contributed by atoms with van der Waals surface area (Å²) in [5.74, 6) is 1.16. The zero-order valence-electron chi connectivity index (χ0n) is 16.4. The quantitative estimate of drug-likeness (QED) is 0.377. The molecule has 0 unspecified atom stereocenters. The number of benzene rings is 3. The molecular formula is C24H20N4O2. The predicted molar refractivity (Wildman–Crippen MR) is 117 cm³/mol. The standard InChI is InChI=1S/C24H20N4O2/c1-16-11-13-18(14-12-16)29-15-21-27-28-24(30-21)26-23-19-9-5-6-10-20(19)25-22(23)17-7-3-2-4-8-17/h2-14,25H,15H2,1H3,(H,26,28). The van der Waals surface area contributed by atoms with Crippen LogP contribution in [0.15, 0.2) is 83.3 Å². The van der Waals surface area contributed by atoms with Gasteiger partial charge in [-0.25, -0.2) is 0 Å². The molecule has 2 N–H and O–H groups in total. The Morgan fingerprint density at radius 1 is 0.900 bits per heavy atom. The molecule has 0 aliphatic rings. The van der Waals surface area contributed by atoms with Gasteiger partial charge in [0.05, 0.1) is 11.4 Å². The van der Waals surface area contributed by atoms with Crippen molar-refractivity contribution < 1.29 is 9.15 Å². The normalized spacial score (nSPS) is 11.0. The van der Waals surface area contributed by atoms with Crippen LogP contribution in [0.25, 0.3) is 22.2 Å². The maximum Gasteiger partial charge on any atom is 0.320 e. The lowest BCUT2D eigenvalue weighted by molar-refractivity contribution is 0.265. The average molecular weight is 396 g/mol. The Balaban J connectivity index is 1.40. The summed E-state index contributed by atoms with van der Waals surface area (Å²) in [4.78, 5) is 3.48. The number of aromatic nitrogens is 3. The minimum Gasteiger partial charge on any atom is -0.484 e. The van der Waals surface area contributed by atoms with E-state index in [-0.39, 0.29) is 6.61 Å². The van der Waals surface area contributed by atoms with Crippen LogP contribution in [-0.2, 0) is 6.61 Å². The largest absolute Gasteiger partial charge is 0.484 e. The number of hydrogen-bond donors (Lipinski definition) is 2. The van der Waals surface area contributed by atoms with Crippen molar-refractivity contribution in [2.75, 3.05) is 5.32 Å². The number of nitrogens with zero attached hydrogens (tertiary/aromatic N) is 2. The van der Waals surface area contributed by atoms with E-state index in [0.29, 0.717) is 11.9 Å². The first-order chi connectivity index (χ1) is 14.8. The van der Waals surface area contributed by atoms with E-state index in [1.54, 1.807) is 0 Å². The van der Waals surface area contributed by atoms with Crippen molar-refractivity contribution >= 4 is 22.6 Å². The second-order valence-electron chi connectivity index (χ2n) is 7.01. The van der Waals surface area contributed by atoms with Crippen molar-refractivity contribution in [3.8, 4) is 17.0 Å². The highest BCUT2D eigenvalue weighted by Crippen LogP contribution is 2.36. The fourth-order valence-electron chi connectivity index (χ4n) is 3.34. The van der Waals surface area contributed by atoms with Crippen LogP contribution in [0.5, 0.6) is 5.75 Å². The van der Waals surface area contributed by atoms with E-state index in [1.807, 2.05) is 67.6 Å². The molecule has 0 saturated heterocycles. The van der Waals surface area contributed by atoms with Crippen LogP contribution in [0, 0.1) is 6.92 Å². The lowest BCUT2D eigenvalue weighted by Gasteiger charge is -2.05. The number of H-pyrrole nitrogens is 1. The van der Waals surface area contributed by atoms with E-state index >= 15 is 0 Å². The zero-order chi connectivity index (χ0) is 20.3. The Kier molecular flexibility index (Phi) is 4.65. The molecule has 0 radical (unpaired) electrons. The Morgan fingerprint density at radius 2 is 1.67 bits per heavy atom. The third kappa shape index (κ3) is 3.63. The van der Waals surface area contributed by atoms with Crippen molar-refractivity contribution in [1.29, 1.82) is 0 Å². The van der Waals surface area contributed by atoms with Crippen LogP contribution < -0.4 is 10.1 Å². The summed E-state index contributed by atoms with van der Waals surface area (Å²) in [7, 11) is 0. The number of ether oxygens (including phenoxy) is 1. The third-order valence-corrected chi connectivity index (χ3v) is 4.85. The van der Waals surface area contributed by atoms with Crippen LogP contribution in [0.1, 0.15) is 11.5 Å². The molecule has 148 valence electrons. The van der Waals surface area contributed by atoms with E-state index in [4.69, 9.17) is 9.15 Å². The Bertz CT molecular complexity index is 1270. The van der Waals surface area contributed by atoms with Crippen LogP contribution in [0.3, 0.4) is 0 Å². The molecule has 2 aromatic heterocycles. The molecule has 0 bridgehead atoms. The van der Waals surface area contributed by atoms with Gasteiger partial charge in [-0.2, -0.15) is 0 Å². The molecule has 0 saturated carbocycles. The van der Waals surface area contributed by atoms with E-state index in [0.717, 1.165) is 33.6 Å². The highest BCUT2D eigenvalue weighted by molar-refractivity contribution is 6.02. The molecule has 5 aromatic rings. The Hall–Kier alpha value is -4.06. The summed E-state index contributed by atoms with van der Waals surface area (Å²) in [6.45, 7) is 2.24. The highest BCUT2D eigenvalue weighted by Gasteiger charge is 2.16. The van der Waals surface area contributed by atoms with Gasteiger partial charge in [-0.15, -0.1) is 5.10 Å². The van der Waals surface area contributed by atoms with Crippen molar-refractivity contribution in [3.05, 3.63) is 90.3 Å². The van der Waals surface area contributed by atoms with Gasteiger partial charge in [-0.05, 0) is 25.1 Å². The molecule has 3 aromatic carbocycles. The maximum atomic E-state index is 5.77. The first-order valence-corrected chi connectivity index (χ1v) is 9.71. The molecule has 5 rings (SSSR count). The van der Waals surface area contributed by atoms with Crippen molar-refractivity contribution in [3.63, 3.8) is 0 Å². The Labute approximate surface area is 173 Å². The van der Waals surface area contributed by atoms with Crippen LogP contribution in [0.2, 0.25) is 0 Å². The van der Waals surface area contributed by atoms with E-state index in [1.165, 1.54) is 5.56 Å². The maximum absolute atomic E-state index is 5.77. The molecule has 0 fully saturated rings. The predicted octanol–water partition coefficient (Wildman–Crippen LogP) is 5.85. The average Bonchev–Trinajstić information content (AvgIpc) is 3.39. The van der Waals surface area contributed by atoms with E-state index in [9.17, 15) is 0 Å². The number of anilines is 2. The number of rotatable bonds is 6. The molecule has 6 heteroatoms. The number of hydrogen-bond acceptors (Lipinski definition) is 5. The SMILES string of the molecule is Cc1ccc(OCc2nnc(Nc3c(-c4ccccc4)[nH]c4ccccc34)o2)cc1. The molecule has 0 atom stereocenters.